The summed E-state index contributed by atoms with van der Waals surface area (Å²) < 4.78 is 5.59. The second-order valence-corrected chi connectivity index (χ2v) is 5.41. The number of rotatable bonds is 9. The van der Waals surface area contributed by atoms with E-state index in [0.29, 0.717) is 6.04 Å². The summed E-state index contributed by atoms with van der Waals surface area (Å²) in [6, 6.07) is 0.709. The molecule has 2 fully saturated rings. The molecule has 1 atom stereocenters. The van der Waals surface area contributed by atoms with Crippen LogP contribution in [0.4, 0.5) is 0 Å². The van der Waals surface area contributed by atoms with E-state index < -0.39 is 0 Å². The van der Waals surface area contributed by atoms with Gasteiger partial charge in [0, 0.05) is 19.3 Å². The molecule has 0 heterocycles. The molecule has 2 nitrogen and oxygen atoms in total. The molecule has 1 unspecified atom stereocenters. The van der Waals surface area contributed by atoms with Crippen molar-refractivity contribution in [3.05, 3.63) is 0 Å². The number of hydrogen-bond acceptors (Lipinski definition) is 2. The molecule has 88 valence electrons. The van der Waals surface area contributed by atoms with Crippen molar-refractivity contribution in [3.63, 3.8) is 0 Å². The monoisotopic (exact) mass is 211 g/mol. The molecule has 2 aliphatic rings. The molecule has 0 amide bonds. The van der Waals surface area contributed by atoms with Gasteiger partial charge in [0.2, 0.25) is 0 Å². The van der Waals surface area contributed by atoms with Crippen molar-refractivity contribution in [2.75, 3.05) is 19.8 Å². The maximum Gasteiger partial charge on any atom is 0.0494 e. The van der Waals surface area contributed by atoms with E-state index in [1.807, 2.05) is 0 Å². The van der Waals surface area contributed by atoms with Crippen molar-refractivity contribution in [1.82, 2.24) is 5.32 Å². The highest BCUT2D eigenvalue weighted by Gasteiger charge is 2.23. The summed E-state index contributed by atoms with van der Waals surface area (Å²) in [7, 11) is 0. The van der Waals surface area contributed by atoms with Crippen LogP contribution in [0.3, 0.4) is 0 Å². The van der Waals surface area contributed by atoms with Crippen LogP contribution < -0.4 is 5.32 Å². The van der Waals surface area contributed by atoms with Crippen LogP contribution in [0.25, 0.3) is 0 Å². The maximum atomic E-state index is 5.59. The first-order valence-electron chi connectivity index (χ1n) is 6.65. The highest BCUT2D eigenvalue weighted by atomic mass is 16.5. The van der Waals surface area contributed by atoms with Crippen molar-refractivity contribution < 1.29 is 4.74 Å². The predicted molar refractivity (Wildman–Crippen MR) is 63.0 cm³/mol. The molecule has 0 bridgehead atoms. The van der Waals surface area contributed by atoms with Crippen molar-refractivity contribution in [2.45, 2.75) is 51.5 Å². The minimum absolute atomic E-state index is 0.709. The zero-order valence-electron chi connectivity index (χ0n) is 10.0. The normalized spacial score (nSPS) is 23.0. The lowest BCUT2D eigenvalue weighted by atomic mass is 10.1. The maximum absolute atomic E-state index is 5.59. The van der Waals surface area contributed by atoms with Crippen molar-refractivity contribution in [3.8, 4) is 0 Å². The zero-order valence-corrected chi connectivity index (χ0v) is 10.0. The standard InChI is InChI=1S/C13H25NO/c1-11(9-12-3-4-12)14-7-2-8-15-10-13-5-6-13/h11-14H,2-10H2,1H3. The van der Waals surface area contributed by atoms with E-state index in [0.717, 1.165) is 31.6 Å². The minimum atomic E-state index is 0.709. The van der Waals surface area contributed by atoms with E-state index in [1.165, 1.54) is 38.5 Å². The summed E-state index contributed by atoms with van der Waals surface area (Å²) >= 11 is 0. The van der Waals surface area contributed by atoms with Gasteiger partial charge in [0.25, 0.3) is 0 Å². The number of nitrogens with one attached hydrogen (secondary N) is 1. The van der Waals surface area contributed by atoms with Crippen molar-refractivity contribution in [2.24, 2.45) is 11.8 Å². The Kier molecular flexibility index (Phi) is 4.45. The zero-order chi connectivity index (χ0) is 10.5. The average Bonchev–Trinajstić information content (AvgIpc) is 3.04. The van der Waals surface area contributed by atoms with E-state index >= 15 is 0 Å². The second kappa shape index (κ2) is 5.86. The molecular weight excluding hydrogens is 186 g/mol. The average molecular weight is 211 g/mol. The van der Waals surface area contributed by atoms with Gasteiger partial charge in [-0.3, -0.25) is 0 Å². The lowest BCUT2D eigenvalue weighted by Gasteiger charge is -2.12. The molecule has 0 radical (unpaired) electrons. The molecule has 0 aliphatic heterocycles. The lowest BCUT2D eigenvalue weighted by molar-refractivity contribution is 0.121. The third kappa shape index (κ3) is 5.53. The quantitative estimate of drug-likeness (QED) is 0.592. The van der Waals surface area contributed by atoms with Gasteiger partial charge in [-0.1, -0.05) is 12.8 Å². The van der Waals surface area contributed by atoms with Gasteiger partial charge < -0.3 is 10.1 Å². The fourth-order valence-electron chi connectivity index (χ4n) is 1.99. The molecule has 1 N–H and O–H groups in total. The fourth-order valence-corrected chi connectivity index (χ4v) is 1.99. The highest BCUT2D eigenvalue weighted by molar-refractivity contribution is 4.77. The Labute approximate surface area is 93.8 Å². The van der Waals surface area contributed by atoms with Crippen LogP contribution in [0.2, 0.25) is 0 Å². The number of hydrogen-bond donors (Lipinski definition) is 1. The Hall–Kier alpha value is -0.0800. The fraction of sp³-hybridized carbons (Fsp3) is 1.00. The van der Waals surface area contributed by atoms with Crippen LogP contribution in [0.1, 0.15) is 45.4 Å². The van der Waals surface area contributed by atoms with Crippen molar-refractivity contribution in [1.29, 1.82) is 0 Å². The van der Waals surface area contributed by atoms with Gasteiger partial charge in [0.1, 0.15) is 0 Å². The molecular formula is C13H25NO. The van der Waals surface area contributed by atoms with Crippen LogP contribution in [-0.2, 0) is 4.74 Å². The minimum Gasteiger partial charge on any atom is -0.381 e. The van der Waals surface area contributed by atoms with Crippen LogP contribution >= 0.6 is 0 Å². The largest absolute Gasteiger partial charge is 0.381 e. The number of ether oxygens (including phenoxy) is 1. The molecule has 0 aromatic carbocycles. The Balaban J connectivity index is 1.33. The molecule has 0 spiro atoms. The molecule has 2 aliphatic carbocycles. The van der Waals surface area contributed by atoms with Crippen LogP contribution in [0, 0.1) is 11.8 Å². The van der Waals surface area contributed by atoms with Crippen LogP contribution in [0.5, 0.6) is 0 Å². The first-order valence-corrected chi connectivity index (χ1v) is 6.65. The molecule has 2 heteroatoms. The first-order chi connectivity index (χ1) is 7.34. The van der Waals surface area contributed by atoms with E-state index in [2.05, 4.69) is 12.2 Å². The summed E-state index contributed by atoms with van der Waals surface area (Å²) in [6.45, 7) is 5.39. The highest BCUT2D eigenvalue weighted by Crippen LogP contribution is 2.33. The van der Waals surface area contributed by atoms with Gasteiger partial charge in [0.05, 0.1) is 0 Å². The summed E-state index contributed by atoms with van der Waals surface area (Å²) in [5.41, 5.74) is 0. The Morgan fingerprint density at radius 2 is 1.93 bits per heavy atom. The Morgan fingerprint density at radius 3 is 2.60 bits per heavy atom. The van der Waals surface area contributed by atoms with Gasteiger partial charge >= 0.3 is 0 Å². The third-order valence-electron chi connectivity index (χ3n) is 3.39. The third-order valence-corrected chi connectivity index (χ3v) is 3.39. The van der Waals surface area contributed by atoms with Gasteiger partial charge in [-0.15, -0.1) is 0 Å². The smallest absolute Gasteiger partial charge is 0.0494 e. The lowest BCUT2D eigenvalue weighted by Crippen LogP contribution is -2.28. The van der Waals surface area contributed by atoms with Gasteiger partial charge in [0.15, 0.2) is 0 Å². The van der Waals surface area contributed by atoms with Gasteiger partial charge in [-0.2, -0.15) is 0 Å². The van der Waals surface area contributed by atoms with Crippen LogP contribution in [-0.4, -0.2) is 25.8 Å². The Bertz CT molecular complexity index is 175. The summed E-state index contributed by atoms with van der Waals surface area (Å²) in [6.07, 6.45) is 8.28. The van der Waals surface area contributed by atoms with E-state index in [-0.39, 0.29) is 0 Å². The van der Waals surface area contributed by atoms with Gasteiger partial charge in [-0.25, -0.2) is 0 Å². The topological polar surface area (TPSA) is 21.3 Å². The predicted octanol–water partition coefficient (Wildman–Crippen LogP) is 2.58. The van der Waals surface area contributed by atoms with E-state index in [1.54, 1.807) is 0 Å². The SMILES string of the molecule is CC(CC1CC1)NCCCOCC1CC1. The van der Waals surface area contributed by atoms with Crippen molar-refractivity contribution >= 4 is 0 Å². The second-order valence-electron chi connectivity index (χ2n) is 5.41. The summed E-state index contributed by atoms with van der Waals surface area (Å²) in [5.74, 6) is 1.95. The first kappa shape index (κ1) is 11.4. The molecule has 0 saturated heterocycles. The molecule has 0 aromatic heterocycles. The van der Waals surface area contributed by atoms with E-state index in [9.17, 15) is 0 Å². The molecule has 15 heavy (non-hydrogen) atoms. The molecule has 2 saturated carbocycles. The summed E-state index contributed by atoms with van der Waals surface area (Å²) in [5, 5.41) is 3.58. The van der Waals surface area contributed by atoms with E-state index in [4.69, 9.17) is 4.74 Å². The molecule has 2 rings (SSSR count). The van der Waals surface area contributed by atoms with Gasteiger partial charge in [-0.05, 0) is 51.0 Å². The molecule has 0 aromatic rings. The van der Waals surface area contributed by atoms with Crippen LogP contribution in [0.15, 0.2) is 0 Å². The Morgan fingerprint density at radius 1 is 1.20 bits per heavy atom. The summed E-state index contributed by atoms with van der Waals surface area (Å²) in [4.78, 5) is 0.